The second-order valence-corrected chi connectivity index (χ2v) is 4.01. The summed E-state index contributed by atoms with van der Waals surface area (Å²) < 4.78 is 21.6. The highest BCUT2D eigenvalue weighted by molar-refractivity contribution is 7.89. The van der Waals surface area contributed by atoms with Crippen molar-refractivity contribution in [2.75, 3.05) is 0 Å². The molecule has 0 fully saturated rings. The van der Waals surface area contributed by atoms with Crippen molar-refractivity contribution in [3.05, 3.63) is 28.3 Å². The number of aromatic hydroxyl groups is 1. The van der Waals surface area contributed by atoms with E-state index in [4.69, 9.17) is 10.2 Å². The van der Waals surface area contributed by atoms with Crippen LogP contribution >= 0.6 is 0 Å². The first-order chi connectivity index (χ1) is 6.32. The molecule has 0 amide bonds. The number of primary sulfonamides is 1. The molecule has 0 aliphatic carbocycles. The van der Waals surface area contributed by atoms with Crippen LogP contribution in [0.25, 0.3) is 0 Å². The molecule has 0 saturated carbocycles. The summed E-state index contributed by atoms with van der Waals surface area (Å²) in [7, 11) is -3.99. The fourth-order valence-electron chi connectivity index (χ4n) is 0.826. The molecule has 0 atom stereocenters. The standard InChI is InChI=1S/C6H6N2O5S/c7-14(12,13)4-1-2-6(9)5(3-4)8(10)11/h1-3,9H,(H2,7,12,13). The molecule has 7 nitrogen and oxygen atoms in total. The van der Waals surface area contributed by atoms with Crippen LogP contribution in [0.5, 0.6) is 5.75 Å². The van der Waals surface area contributed by atoms with Crippen LogP contribution in [0.2, 0.25) is 0 Å². The van der Waals surface area contributed by atoms with Crippen LogP contribution in [0, 0.1) is 10.1 Å². The summed E-state index contributed by atoms with van der Waals surface area (Å²) in [6.07, 6.45) is 0. The van der Waals surface area contributed by atoms with Gasteiger partial charge >= 0.3 is 5.69 Å². The SMILES string of the molecule is NS(=O)(=O)c1ccc(O)c([N+](=O)[O-])c1. The number of hydrogen-bond acceptors (Lipinski definition) is 5. The number of nitro groups is 1. The zero-order chi connectivity index (χ0) is 10.9. The maximum atomic E-state index is 10.8. The maximum absolute atomic E-state index is 10.8. The van der Waals surface area contributed by atoms with Crippen LogP contribution < -0.4 is 5.14 Å². The second-order valence-electron chi connectivity index (χ2n) is 2.45. The van der Waals surface area contributed by atoms with Crippen molar-refractivity contribution in [1.82, 2.24) is 0 Å². The van der Waals surface area contributed by atoms with E-state index in [1.807, 2.05) is 0 Å². The molecule has 1 rings (SSSR count). The Bertz CT molecular complexity index is 481. The number of hydrogen-bond donors (Lipinski definition) is 2. The average Bonchev–Trinajstić information content (AvgIpc) is 2.02. The predicted octanol–water partition coefficient (Wildman–Crippen LogP) is -0.0522. The molecule has 1 aromatic carbocycles. The summed E-state index contributed by atoms with van der Waals surface area (Å²) in [4.78, 5) is 9.00. The van der Waals surface area contributed by atoms with Gasteiger partial charge in [-0.15, -0.1) is 0 Å². The Morgan fingerprint density at radius 2 is 2.00 bits per heavy atom. The van der Waals surface area contributed by atoms with E-state index in [0.29, 0.717) is 6.07 Å². The highest BCUT2D eigenvalue weighted by atomic mass is 32.2. The Hall–Kier alpha value is -1.67. The third-order valence-electron chi connectivity index (χ3n) is 1.47. The van der Waals surface area contributed by atoms with Gasteiger partial charge in [-0.25, -0.2) is 13.6 Å². The topological polar surface area (TPSA) is 124 Å². The Kier molecular flexibility index (Phi) is 2.41. The van der Waals surface area contributed by atoms with Gasteiger partial charge in [0.1, 0.15) is 0 Å². The number of nitrogens with zero attached hydrogens (tertiary/aromatic N) is 1. The minimum Gasteiger partial charge on any atom is -0.502 e. The van der Waals surface area contributed by atoms with Gasteiger partial charge in [-0.3, -0.25) is 10.1 Å². The largest absolute Gasteiger partial charge is 0.502 e. The van der Waals surface area contributed by atoms with E-state index in [2.05, 4.69) is 0 Å². The number of rotatable bonds is 2. The van der Waals surface area contributed by atoms with E-state index in [-0.39, 0.29) is 0 Å². The summed E-state index contributed by atoms with van der Waals surface area (Å²) in [5.74, 6) is -0.609. The minimum absolute atomic E-state index is 0.415. The number of phenolic OH excluding ortho intramolecular Hbond substituents is 1. The van der Waals surface area contributed by atoms with E-state index in [1.165, 1.54) is 0 Å². The molecule has 0 spiro atoms. The highest BCUT2D eigenvalue weighted by Crippen LogP contribution is 2.27. The van der Waals surface area contributed by atoms with Gasteiger partial charge in [-0.2, -0.15) is 0 Å². The molecule has 0 aliphatic heterocycles. The van der Waals surface area contributed by atoms with E-state index in [0.717, 1.165) is 12.1 Å². The van der Waals surface area contributed by atoms with Gasteiger partial charge in [0.15, 0.2) is 5.75 Å². The number of sulfonamides is 1. The first-order valence-corrected chi connectivity index (χ1v) is 4.87. The first kappa shape index (κ1) is 10.4. The lowest BCUT2D eigenvalue weighted by molar-refractivity contribution is -0.386. The molecule has 14 heavy (non-hydrogen) atoms. The Morgan fingerprint density at radius 1 is 1.43 bits per heavy atom. The van der Waals surface area contributed by atoms with Crippen LogP contribution in [0.15, 0.2) is 23.1 Å². The molecule has 8 heteroatoms. The number of phenols is 1. The van der Waals surface area contributed by atoms with E-state index < -0.39 is 31.3 Å². The molecular formula is C6H6N2O5S. The average molecular weight is 218 g/mol. The van der Waals surface area contributed by atoms with Crippen molar-refractivity contribution in [3.63, 3.8) is 0 Å². The quantitative estimate of drug-likeness (QED) is 0.531. The monoisotopic (exact) mass is 218 g/mol. The molecule has 76 valence electrons. The van der Waals surface area contributed by atoms with Gasteiger partial charge in [0, 0.05) is 6.07 Å². The van der Waals surface area contributed by atoms with Crippen molar-refractivity contribution in [2.45, 2.75) is 4.90 Å². The van der Waals surface area contributed by atoms with Gasteiger partial charge in [0.2, 0.25) is 10.0 Å². The summed E-state index contributed by atoms with van der Waals surface area (Å²) in [6.45, 7) is 0. The van der Waals surface area contributed by atoms with Gasteiger partial charge in [-0.05, 0) is 12.1 Å². The van der Waals surface area contributed by atoms with Crippen molar-refractivity contribution < 1.29 is 18.4 Å². The lowest BCUT2D eigenvalue weighted by Crippen LogP contribution is -2.12. The maximum Gasteiger partial charge on any atom is 0.312 e. The number of nitrogens with two attached hydrogens (primary N) is 1. The molecule has 0 heterocycles. The summed E-state index contributed by atoms with van der Waals surface area (Å²) in [5, 5.41) is 24.0. The zero-order valence-electron chi connectivity index (χ0n) is 6.75. The smallest absolute Gasteiger partial charge is 0.312 e. The van der Waals surface area contributed by atoms with Gasteiger partial charge in [0.05, 0.1) is 9.82 Å². The van der Waals surface area contributed by atoms with Crippen LogP contribution in [0.4, 0.5) is 5.69 Å². The molecule has 0 unspecified atom stereocenters. The first-order valence-electron chi connectivity index (χ1n) is 3.32. The van der Waals surface area contributed by atoms with Gasteiger partial charge in [-0.1, -0.05) is 0 Å². The highest BCUT2D eigenvalue weighted by Gasteiger charge is 2.17. The third kappa shape index (κ3) is 1.98. The van der Waals surface area contributed by atoms with Crippen molar-refractivity contribution in [1.29, 1.82) is 0 Å². The van der Waals surface area contributed by atoms with E-state index in [1.54, 1.807) is 0 Å². The molecule has 0 bridgehead atoms. The lowest BCUT2D eigenvalue weighted by Gasteiger charge is -1.99. The predicted molar refractivity (Wildman–Crippen MR) is 46.1 cm³/mol. The van der Waals surface area contributed by atoms with Crippen LogP contribution in [-0.4, -0.2) is 18.4 Å². The van der Waals surface area contributed by atoms with E-state index in [9.17, 15) is 18.5 Å². The summed E-state index contributed by atoms with van der Waals surface area (Å²) >= 11 is 0. The number of nitro benzene ring substituents is 1. The normalized spacial score (nSPS) is 11.2. The fraction of sp³-hybridized carbons (Fsp3) is 0. The molecule has 0 radical (unpaired) electrons. The number of benzene rings is 1. The molecule has 0 aliphatic rings. The Balaban J connectivity index is 3.42. The van der Waals surface area contributed by atoms with Crippen LogP contribution in [0.1, 0.15) is 0 Å². The van der Waals surface area contributed by atoms with E-state index >= 15 is 0 Å². The molecule has 0 saturated heterocycles. The van der Waals surface area contributed by atoms with Gasteiger partial charge in [0.25, 0.3) is 0 Å². The minimum atomic E-state index is -3.99. The molecule has 1 aromatic rings. The molecular weight excluding hydrogens is 212 g/mol. The van der Waals surface area contributed by atoms with Gasteiger partial charge < -0.3 is 5.11 Å². The van der Waals surface area contributed by atoms with Crippen LogP contribution in [0.3, 0.4) is 0 Å². The van der Waals surface area contributed by atoms with Crippen molar-refractivity contribution in [2.24, 2.45) is 5.14 Å². The Morgan fingerprint density at radius 3 is 2.43 bits per heavy atom. The van der Waals surface area contributed by atoms with Crippen molar-refractivity contribution in [3.8, 4) is 5.75 Å². The molecule has 0 aromatic heterocycles. The zero-order valence-corrected chi connectivity index (χ0v) is 7.56. The fourth-order valence-corrected chi connectivity index (χ4v) is 1.36. The summed E-state index contributed by atoms with van der Waals surface area (Å²) in [6, 6.07) is 2.58. The summed E-state index contributed by atoms with van der Waals surface area (Å²) in [5.41, 5.74) is -0.698. The second kappa shape index (κ2) is 3.24. The van der Waals surface area contributed by atoms with Crippen molar-refractivity contribution >= 4 is 15.7 Å². The van der Waals surface area contributed by atoms with Crippen LogP contribution in [-0.2, 0) is 10.0 Å². The third-order valence-corrected chi connectivity index (χ3v) is 2.38. The molecule has 3 N–H and O–H groups in total. The Labute approximate surface area is 79.0 Å². The lowest BCUT2D eigenvalue weighted by atomic mass is 10.3.